The number of aromatic nitrogens is 1. The van der Waals surface area contributed by atoms with Gasteiger partial charge < -0.3 is 11.1 Å². The third kappa shape index (κ3) is 2.27. The first kappa shape index (κ1) is 13.1. The van der Waals surface area contributed by atoms with Gasteiger partial charge in [-0.15, -0.1) is 11.3 Å². The Hall–Kier alpha value is -1.93. The van der Waals surface area contributed by atoms with Crippen molar-refractivity contribution in [2.75, 3.05) is 11.5 Å². The lowest BCUT2D eigenvalue weighted by molar-refractivity contribution is 0.0952. The molecule has 0 saturated heterocycles. The number of carbonyl (C=O) groups is 1. The normalized spacial score (nSPS) is 20.3. The lowest BCUT2D eigenvalue weighted by Crippen LogP contribution is -2.35. The molecule has 0 fully saturated rings. The molecule has 1 amide bonds. The van der Waals surface area contributed by atoms with Gasteiger partial charge in [0.25, 0.3) is 5.91 Å². The summed E-state index contributed by atoms with van der Waals surface area (Å²) >= 11 is 1.19. The zero-order valence-corrected chi connectivity index (χ0v) is 11.9. The van der Waals surface area contributed by atoms with Crippen molar-refractivity contribution >= 4 is 43.0 Å². The second kappa shape index (κ2) is 4.57. The van der Waals surface area contributed by atoms with Crippen LogP contribution in [-0.2, 0) is 9.84 Å². The Morgan fingerprint density at radius 1 is 1.50 bits per heavy atom. The second-order valence-corrected chi connectivity index (χ2v) is 7.37. The van der Waals surface area contributed by atoms with Crippen LogP contribution in [0.5, 0.6) is 0 Å². The Balaban J connectivity index is 1.87. The van der Waals surface area contributed by atoms with Crippen LogP contribution >= 0.6 is 11.3 Å². The predicted molar refractivity (Wildman–Crippen MR) is 78.2 cm³/mol. The molecule has 104 valence electrons. The van der Waals surface area contributed by atoms with Crippen LogP contribution in [-0.4, -0.2) is 31.1 Å². The number of amides is 1. The number of anilines is 1. The topological polar surface area (TPSA) is 102 Å². The number of hydrogen-bond acceptors (Lipinski definition) is 6. The Bertz CT molecular complexity index is 824. The number of hydrogen-bond donors (Lipinski definition) is 2. The Kier molecular flexibility index (Phi) is 2.98. The van der Waals surface area contributed by atoms with Gasteiger partial charge in [-0.1, -0.05) is 0 Å². The fraction of sp³-hybridized carbons (Fsp3) is 0.167. The largest absolute Gasteiger partial charge is 0.397 e. The minimum absolute atomic E-state index is 0.109. The molecule has 8 heteroatoms. The molecular formula is C12H11N3O3S2. The average molecular weight is 309 g/mol. The van der Waals surface area contributed by atoms with Crippen LogP contribution in [0.3, 0.4) is 0 Å². The molecule has 1 atom stereocenters. The molecule has 0 spiro atoms. The van der Waals surface area contributed by atoms with Crippen molar-refractivity contribution in [2.24, 2.45) is 0 Å². The lowest BCUT2D eigenvalue weighted by atomic mass is 10.2. The summed E-state index contributed by atoms with van der Waals surface area (Å²) in [6.45, 7) is 0. The third-order valence-corrected chi connectivity index (χ3v) is 5.48. The van der Waals surface area contributed by atoms with Gasteiger partial charge in [-0.25, -0.2) is 13.4 Å². The van der Waals surface area contributed by atoms with E-state index in [1.165, 1.54) is 17.4 Å². The maximum atomic E-state index is 12.2. The first-order valence-electron chi connectivity index (χ1n) is 5.81. The molecule has 3 rings (SSSR count). The molecular weight excluding hydrogens is 298 g/mol. The molecule has 2 aromatic heterocycles. The van der Waals surface area contributed by atoms with Crippen LogP contribution in [0.1, 0.15) is 9.67 Å². The molecule has 2 aromatic rings. The van der Waals surface area contributed by atoms with Crippen molar-refractivity contribution in [2.45, 2.75) is 6.04 Å². The van der Waals surface area contributed by atoms with Crippen molar-refractivity contribution in [1.29, 1.82) is 0 Å². The number of nitrogens with one attached hydrogen (secondary N) is 1. The molecule has 0 aliphatic carbocycles. The highest BCUT2D eigenvalue weighted by molar-refractivity contribution is 7.94. The van der Waals surface area contributed by atoms with Crippen LogP contribution in [0.2, 0.25) is 0 Å². The fourth-order valence-electron chi connectivity index (χ4n) is 2.02. The van der Waals surface area contributed by atoms with E-state index in [1.54, 1.807) is 18.3 Å². The van der Waals surface area contributed by atoms with E-state index in [0.29, 0.717) is 15.4 Å². The minimum Gasteiger partial charge on any atom is -0.397 e. The number of nitrogen functional groups attached to an aromatic ring is 1. The van der Waals surface area contributed by atoms with Crippen molar-refractivity contribution in [3.63, 3.8) is 0 Å². The minimum atomic E-state index is -3.19. The first-order chi connectivity index (χ1) is 9.46. The Morgan fingerprint density at radius 2 is 2.30 bits per heavy atom. The highest BCUT2D eigenvalue weighted by Crippen LogP contribution is 2.31. The van der Waals surface area contributed by atoms with E-state index in [2.05, 4.69) is 10.3 Å². The van der Waals surface area contributed by atoms with E-state index in [-0.39, 0.29) is 11.7 Å². The number of sulfone groups is 1. The van der Waals surface area contributed by atoms with Gasteiger partial charge in [0, 0.05) is 17.0 Å². The SMILES string of the molecule is Nc1c(C(=O)NC2C=CS(=O)(=O)C2)sc2ncccc12. The Labute approximate surface area is 119 Å². The van der Waals surface area contributed by atoms with Gasteiger partial charge in [0.15, 0.2) is 9.84 Å². The van der Waals surface area contributed by atoms with Crippen LogP contribution in [0.15, 0.2) is 29.8 Å². The van der Waals surface area contributed by atoms with Gasteiger partial charge in [0.05, 0.1) is 17.5 Å². The van der Waals surface area contributed by atoms with E-state index in [1.807, 2.05) is 0 Å². The maximum absolute atomic E-state index is 12.2. The molecule has 0 aromatic carbocycles. The zero-order chi connectivity index (χ0) is 14.3. The summed E-state index contributed by atoms with van der Waals surface area (Å²) in [7, 11) is -3.19. The van der Waals surface area contributed by atoms with Gasteiger partial charge in [-0.2, -0.15) is 0 Å². The number of rotatable bonds is 2. The first-order valence-corrected chi connectivity index (χ1v) is 8.34. The summed E-state index contributed by atoms with van der Waals surface area (Å²) in [5.74, 6) is -0.487. The van der Waals surface area contributed by atoms with E-state index < -0.39 is 15.9 Å². The van der Waals surface area contributed by atoms with E-state index >= 15 is 0 Å². The van der Waals surface area contributed by atoms with Gasteiger partial charge in [0.1, 0.15) is 9.71 Å². The van der Waals surface area contributed by atoms with Crippen molar-refractivity contribution in [3.8, 4) is 0 Å². The quantitative estimate of drug-likeness (QED) is 0.859. The van der Waals surface area contributed by atoms with E-state index in [4.69, 9.17) is 5.73 Å². The molecule has 6 nitrogen and oxygen atoms in total. The summed E-state index contributed by atoms with van der Waals surface area (Å²) < 4.78 is 22.6. The fourth-order valence-corrected chi connectivity index (χ4v) is 4.22. The van der Waals surface area contributed by atoms with Crippen LogP contribution < -0.4 is 11.1 Å². The molecule has 0 radical (unpaired) electrons. The number of carbonyl (C=O) groups excluding carboxylic acids is 1. The zero-order valence-electron chi connectivity index (χ0n) is 10.2. The smallest absolute Gasteiger partial charge is 0.264 e. The van der Waals surface area contributed by atoms with Gasteiger partial charge >= 0.3 is 0 Å². The van der Waals surface area contributed by atoms with Crippen LogP contribution in [0.25, 0.3) is 10.2 Å². The van der Waals surface area contributed by atoms with Gasteiger partial charge in [0.2, 0.25) is 0 Å². The van der Waals surface area contributed by atoms with Crippen LogP contribution in [0.4, 0.5) is 5.69 Å². The Morgan fingerprint density at radius 3 is 2.95 bits per heavy atom. The summed E-state index contributed by atoms with van der Waals surface area (Å²) in [5, 5.41) is 4.50. The van der Waals surface area contributed by atoms with Crippen molar-refractivity contribution < 1.29 is 13.2 Å². The van der Waals surface area contributed by atoms with Crippen molar-refractivity contribution in [1.82, 2.24) is 10.3 Å². The summed E-state index contributed by atoms with van der Waals surface area (Å²) in [6, 6.07) is 3.04. The molecule has 0 saturated carbocycles. The predicted octanol–water partition coefficient (Wildman–Crippen LogP) is 0.919. The molecule has 0 bridgehead atoms. The third-order valence-electron chi connectivity index (χ3n) is 2.96. The lowest BCUT2D eigenvalue weighted by Gasteiger charge is -2.08. The summed E-state index contributed by atoms with van der Waals surface area (Å²) in [4.78, 5) is 17.4. The van der Waals surface area contributed by atoms with Gasteiger partial charge in [-0.3, -0.25) is 4.79 Å². The van der Waals surface area contributed by atoms with E-state index in [0.717, 1.165) is 10.8 Å². The number of fused-ring (bicyclic) bond motifs is 1. The van der Waals surface area contributed by atoms with E-state index in [9.17, 15) is 13.2 Å². The number of nitrogens with zero attached hydrogens (tertiary/aromatic N) is 1. The maximum Gasteiger partial charge on any atom is 0.264 e. The molecule has 1 aliphatic heterocycles. The molecule has 3 N–H and O–H groups in total. The highest BCUT2D eigenvalue weighted by Gasteiger charge is 2.25. The monoisotopic (exact) mass is 309 g/mol. The molecule has 20 heavy (non-hydrogen) atoms. The molecule has 3 heterocycles. The van der Waals surface area contributed by atoms with Crippen molar-refractivity contribution in [3.05, 3.63) is 34.7 Å². The number of thiophene rings is 1. The average Bonchev–Trinajstić information content (AvgIpc) is 2.91. The molecule has 1 unspecified atom stereocenters. The van der Waals surface area contributed by atoms with Gasteiger partial charge in [-0.05, 0) is 18.2 Å². The summed E-state index contributed by atoms with van der Waals surface area (Å²) in [6.07, 6.45) is 3.10. The summed E-state index contributed by atoms with van der Waals surface area (Å²) in [5.41, 5.74) is 6.32. The second-order valence-electron chi connectivity index (χ2n) is 4.44. The standard InChI is InChI=1S/C12H11N3O3S2/c13-9-8-2-1-4-14-12(8)19-10(9)11(16)15-7-3-5-20(17,18)6-7/h1-5,7H,6,13H2,(H,15,16). The van der Waals surface area contributed by atoms with Crippen LogP contribution in [0, 0.1) is 0 Å². The number of pyridine rings is 1. The molecule has 1 aliphatic rings. The highest BCUT2D eigenvalue weighted by atomic mass is 32.2. The number of nitrogens with two attached hydrogens (primary N) is 1.